The summed E-state index contributed by atoms with van der Waals surface area (Å²) in [6.07, 6.45) is 2.57. The van der Waals surface area contributed by atoms with Crippen LogP contribution in [0.2, 0.25) is 0 Å². The van der Waals surface area contributed by atoms with Gasteiger partial charge < -0.3 is 0 Å². The van der Waals surface area contributed by atoms with E-state index in [0.717, 1.165) is 11.3 Å². The molecule has 0 saturated heterocycles. The predicted molar refractivity (Wildman–Crippen MR) is 67.5 cm³/mol. The smallest absolute Gasteiger partial charge is 0.177 e. The van der Waals surface area contributed by atoms with E-state index in [4.69, 9.17) is 0 Å². The minimum atomic E-state index is -3.17. The van der Waals surface area contributed by atoms with E-state index in [9.17, 15) is 8.42 Å². The lowest BCUT2D eigenvalue weighted by atomic mass is 10.1. The molecule has 0 amide bonds. The van der Waals surface area contributed by atoms with Gasteiger partial charge in [-0.15, -0.1) is 0 Å². The Labute approximate surface area is 101 Å². The fourth-order valence-corrected chi connectivity index (χ4v) is 2.05. The van der Waals surface area contributed by atoms with Crippen LogP contribution in [0.4, 0.5) is 0 Å². The molecule has 2 rings (SSSR count). The van der Waals surface area contributed by atoms with Crippen molar-refractivity contribution in [3.05, 3.63) is 48.2 Å². The zero-order valence-electron chi connectivity index (χ0n) is 9.71. The molecule has 0 bridgehead atoms. The lowest BCUT2D eigenvalue weighted by Crippen LogP contribution is -1.97. The van der Waals surface area contributed by atoms with E-state index in [1.807, 2.05) is 31.2 Å². The van der Waals surface area contributed by atoms with Gasteiger partial charge in [-0.3, -0.25) is 4.98 Å². The Morgan fingerprint density at radius 1 is 1.00 bits per heavy atom. The number of benzene rings is 1. The van der Waals surface area contributed by atoms with Crippen molar-refractivity contribution in [3.63, 3.8) is 0 Å². The summed E-state index contributed by atoms with van der Waals surface area (Å²) in [6.45, 7) is 2.02. The quantitative estimate of drug-likeness (QED) is 0.819. The largest absolute Gasteiger partial charge is 0.255 e. The van der Waals surface area contributed by atoms with Gasteiger partial charge in [0, 0.05) is 18.0 Å². The van der Waals surface area contributed by atoms with E-state index in [1.54, 1.807) is 12.1 Å². The Morgan fingerprint density at radius 2 is 1.65 bits per heavy atom. The molecule has 0 aliphatic heterocycles. The Hall–Kier alpha value is -1.68. The second-order valence-corrected chi connectivity index (χ2v) is 6.03. The first-order valence-electron chi connectivity index (χ1n) is 5.20. The van der Waals surface area contributed by atoms with Crippen molar-refractivity contribution in [2.45, 2.75) is 11.8 Å². The molecule has 88 valence electrons. The maximum atomic E-state index is 11.3. The molecule has 0 aliphatic rings. The molecular weight excluding hydrogens is 234 g/mol. The summed E-state index contributed by atoms with van der Waals surface area (Å²) in [5.41, 5.74) is 2.94. The van der Waals surface area contributed by atoms with Gasteiger partial charge in [-0.1, -0.05) is 29.8 Å². The van der Waals surface area contributed by atoms with Gasteiger partial charge in [-0.05, 0) is 19.1 Å². The second-order valence-electron chi connectivity index (χ2n) is 4.02. The number of pyridine rings is 1. The molecule has 0 aliphatic carbocycles. The van der Waals surface area contributed by atoms with Gasteiger partial charge in [-0.25, -0.2) is 8.42 Å². The van der Waals surface area contributed by atoms with Crippen LogP contribution in [0.1, 0.15) is 5.56 Å². The molecule has 1 aromatic heterocycles. The van der Waals surface area contributed by atoms with Gasteiger partial charge in [0.15, 0.2) is 9.84 Å². The topological polar surface area (TPSA) is 47.0 Å². The number of nitrogens with zero attached hydrogens (tertiary/aromatic N) is 1. The molecule has 0 spiro atoms. The Morgan fingerprint density at radius 3 is 2.12 bits per heavy atom. The summed E-state index contributed by atoms with van der Waals surface area (Å²) >= 11 is 0. The highest BCUT2D eigenvalue weighted by atomic mass is 32.2. The Balaban J connectivity index is 2.39. The fourth-order valence-electron chi connectivity index (χ4n) is 1.49. The van der Waals surface area contributed by atoms with E-state index >= 15 is 0 Å². The van der Waals surface area contributed by atoms with E-state index in [0.29, 0.717) is 0 Å². The van der Waals surface area contributed by atoms with E-state index < -0.39 is 9.84 Å². The fraction of sp³-hybridized carbons (Fsp3) is 0.154. The standard InChI is InChI=1S/C13H13NO2S/c1-10-3-5-11(6-4-10)13-8-7-12(9-14-13)17(2,15)16/h3-9H,1-2H3. The van der Waals surface area contributed by atoms with Crippen LogP contribution in [0.5, 0.6) is 0 Å². The van der Waals surface area contributed by atoms with Crippen LogP contribution in [0.3, 0.4) is 0 Å². The van der Waals surface area contributed by atoms with Crippen LogP contribution < -0.4 is 0 Å². The van der Waals surface area contributed by atoms with Gasteiger partial charge in [0.25, 0.3) is 0 Å². The van der Waals surface area contributed by atoms with Gasteiger partial charge in [0.05, 0.1) is 10.6 Å². The van der Waals surface area contributed by atoms with Gasteiger partial charge in [0.2, 0.25) is 0 Å². The highest BCUT2D eigenvalue weighted by Gasteiger charge is 2.07. The number of hydrogen-bond donors (Lipinski definition) is 0. The third kappa shape index (κ3) is 2.71. The molecule has 1 aromatic carbocycles. The predicted octanol–water partition coefficient (Wildman–Crippen LogP) is 2.46. The second kappa shape index (κ2) is 4.30. The number of hydrogen-bond acceptors (Lipinski definition) is 3. The zero-order valence-corrected chi connectivity index (χ0v) is 10.5. The monoisotopic (exact) mass is 247 g/mol. The first-order chi connectivity index (χ1) is 7.97. The average Bonchev–Trinajstić information content (AvgIpc) is 2.29. The van der Waals surface area contributed by atoms with Crippen molar-refractivity contribution >= 4 is 9.84 Å². The Bertz CT molecular complexity index is 613. The number of aromatic nitrogens is 1. The summed E-state index contributed by atoms with van der Waals surface area (Å²) in [5, 5.41) is 0. The summed E-state index contributed by atoms with van der Waals surface area (Å²) in [6, 6.07) is 11.2. The van der Waals surface area contributed by atoms with Crippen LogP contribution in [-0.2, 0) is 9.84 Å². The molecule has 3 nitrogen and oxygen atoms in total. The van der Waals surface area contributed by atoms with Gasteiger partial charge in [0.1, 0.15) is 0 Å². The average molecular weight is 247 g/mol. The molecule has 0 atom stereocenters. The van der Waals surface area contributed by atoms with Gasteiger partial charge in [-0.2, -0.15) is 0 Å². The zero-order chi connectivity index (χ0) is 12.5. The van der Waals surface area contributed by atoms with E-state index in [1.165, 1.54) is 18.0 Å². The third-order valence-corrected chi connectivity index (χ3v) is 3.61. The van der Waals surface area contributed by atoms with E-state index in [2.05, 4.69) is 4.98 Å². The third-order valence-electron chi connectivity index (χ3n) is 2.51. The molecule has 4 heteroatoms. The lowest BCUT2D eigenvalue weighted by molar-refractivity contribution is 0.601. The van der Waals surface area contributed by atoms with Crippen LogP contribution in [0, 0.1) is 6.92 Å². The minimum Gasteiger partial charge on any atom is -0.255 e. The van der Waals surface area contributed by atoms with Crippen LogP contribution in [0.15, 0.2) is 47.5 Å². The molecule has 2 aromatic rings. The molecule has 0 unspecified atom stereocenters. The lowest BCUT2D eigenvalue weighted by Gasteiger charge is -2.02. The molecule has 0 radical (unpaired) electrons. The van der Waals surface area contributed by atoms with Crippen LogP contribution in [0.25, 0.3) is 11.3 Å². The van der Waals surface area contributed by atoms with Gasteiger partial charge >= 0.3 is 0 Å². The van der Waals surface area contributed by atoms with E-state index in [-0.39, 0.29) is 4.90 Å². The van der Waals surface area contributed by atoms with Crippen molar-refractivity contribution in [2.75, 3.05) is 6.26 Å². The molecule has 1 heterocycles. The highest BCUT2D eigenvalue weighted by molar-refractivity contribution is 7.90. The number of rotatable bonds is 2. The summed E-state index contributed by atoms with van der Waals surface area (Å²) < 4.78 is 22.6. The molecule has 17 heavy (non-hydrogen) atoms. The molecular formula is C13H13NO2S. The van der Waals surface area contributed by atoms with Crippen LogP contribution in [-0.4, -0.2) is 19.7 Å². The normalized spacial score (nSPS) is 11.4. The molecule has 0 N–H and O–H groups in total. The maximum Gasteiger partial charge on any atom is 0.177 e. The summed E-state index contributed by atoms with van der Waals surface area (Å²) in [7, 11) is -3.17. The molecule has 0 fully saturated rings. The first-order valence-corrected chi connectivity index (χ1v) is 7.09. The van der Waals surface area contributed by atoms with Crippen molar-refractivity contribution in [2.24, 2.45) is 0 Å². The van der Waals surface area contributed by atoms with Crippen molar-refractivity contribution < 1.29 is 8.42 Å². The van der Waals surface area contributed by atoms with Crippen molar-refractivity contribution in [1.29, 1.82) is 0 Å². The highest BCUT2D eigenvalue weighted by Crippen LogP contribution is 2.18. The first kappa shape index (κ1) is 11.8. The number of aryl methyl sites for hydroxylation is 1. The van der Waals surface area contributed by atoms with Crippen molar-refractivity contribution in [3.8, 4) is 11.3 Å². The Kier molecular flexibility index (Phi) is 2.98. The summed E-state index contributed by atoms with van der Waals surface area (Å²) in [5.74, 6) is 0. The van der Waals surface area contributed by atoms with Crippen molar-refractivity contribution in [1.82, 2.24) is 4.98 Å². The minimum absolute atomic E-state index is 0.244. The van der Waals surface area contributed by atoms with Crippen LogP contribution >= 0.6 is 0 Å². The summed E-state index contributed by atoms with van der Waals surface area (Å²) in [4.78, 5) is 4.41. The number of sulfone groups is 1. The SMILES string of the molecule is Cc1ccc(-c2ccc(S(C)(=O)=O)cn2)cc1. The maximum absolute atomic E-state index is 11.3. The molecule has 0 saturated carbocycles.